The second kappa shape index (κ2) is 5.17. The minimum absolute atomic E-state index is 0.238. The number of nitrogens with one attached hydrogen (secondary N) is 1. The normalized spacial score (nSPS) is 10.8. The van der Waals surface area contributed by atoms with E-state index in [2.05, 4.69) is 26.2 Å². The van der Waals surface area contributed by atoms with Crippen LogP contribution < -0.4 is 11.1 Å². The Morgan fingerprint density at radius 1 is 1.33 bits per heavy atom. The lowest BCUT2D eigenvalue weighted by atomic mass is 10.2. The summed E-state index contributed by atoms with van der Waals surface area (Å²) in [6.07, 6.45) is 3.16. The van der Waals surface area contributed by atoms with Crippen molar-refractivity contribution < 1.29 is 9.18 Å². The third-order valence-corrected chi connectivity index (χ3v) is 3.53. The molecule has 2 heterocycles. The molecule has 3 aromatic rings. The maximum absolute atomic E-state index is 14.0. The number of hydrogen-bond acceptors (Lipinski definition) is 3. The largest absolute Gasteiger partial charge is 0.365 e. The number of primary amides is 1. The van der Waals surface area contributed by atoms with Crippen molar-refractivity contribution in [1.82, 2.24) is 9.38 Å². The highest BCUT2D eigenvalue weighted by Crippen LogP contribution is 2.26. The zero-order valence-electron chi connectivity index (χ0n) is 10.7. The molecule has 7 heteroatoms. The van der Waals surface area contributed by atoms with Gasteiger partial charge in [-0.2, -0.15) is 0 Å². The van der Waals surface area contributed by atoms with Crippen LogP contribution in [0.2, 0.25) is 0 Å². The first-order valence-corrected chi connectivity index (χ1v) is 6.82. The maximum atomic E-state index is 14.0. The summed E-state index contributed by atoms with van der Waals surface area (Å²) in [5.74, 6) is -0.679. The van der Waals surface area contributed by atoms with Crippen LogP contribution in [0.25, 0.3) is 5.52 Å². The van der Waals surface area contributed by atoms with Gasteiger partial charge in [0.1, 0.15) is 18.0 Å². The topological polar surface area (TPSA) is 72.4 Å². The molecule has 0 spiro atoms. The molecule has 21 heavy (non-hydrogen) atoms. The Kier molecular flexibility index (Phi) is 3.34. The average molecular weight is 349 g/mol. The summed E-state index contributed by atoms with van der Waals surface area (Å²) in [6, 6.07) is 7.90. The van der Waals surface area contributed by atoms with Crippen molar-refractivity contribution in [3.63, 3.8) is 0 Å². The molecular weight excluding hydrogens is 339 g/mol. The number of aromatic nitrogens is 2. The first kappa shape index (κ1) is 13.6. The van der Waals surface area contributed by atoms with E-state index in [9.17, 15) is 9.18 Å². The van der Waals surface area contributed by atoms with Gasteiger partial charge in [-0.1, -0.05) is 15.9 Å². The Morgan fingerprint density at radius 3 is 2.86 bits per heavy atom. The second-order valence-electron chi connectivity index (χ2n) is 4.40. The van der Waals surface area contributed by atoms with Gasteiger partial charge in [-0.25, -0.2) is 9.37 Å². The van der Waals surface area contributed by atoms with Crippen LogP contribution >= 0.6 is 15.9 Å². The predicted octanol–water partition coefficient (Wildman–Crippen LogP) is 3.08. The summed E-state index contributed by atoms with van der Waals surface area (Å²) >= 11 is 3.20. The van der Waals surface area contributed by atoms with Gasteiger partial charge in [-0.3, -0.25) is 9.20 Å². The summed E-state index contributed by atoms with van der Waals surface area (Å²) in [4.78, 5) is 15.6. The standard InChI is InChI=1S/C14H10BrFN4O/c15-8-1-4-12(11(16)5-8)19-14-10(13(17)21)3-2-9-6-18-7-20(9)14/h1-7,19H,(H2,17,21). The smallest absolute Gasteiger partial charge is 0.252 e. The van der Waals surface area contributed by atoms with Gasteiger partial charge >= 0.3 is 0 Å². The van der Waals surface area contributed by atoms with E-state index in [4.69, 9.17) is 5.73 Å². The maximum Gasteiger partial charge on any atom is 0.252 e. The van der Waals surface area contributed by atoms with Gasteiger partial charge in [0.2, 0.25) is 0 Å². The molecule has 1 aromatic carbocycles. The van der Waals surface area contributed by atoms with Crippen molar-refractivity contribution in [2.45, 2.75) is 0 Å². The van der Waals surface area contributed by atoms with Crippen LogP contribution in [-0.4, -0.2) is 15.3 Å². The molecule has 0 atom stereocenters. The number of rotatable bonds is 3. The van der Waals surface area contributed by atoms with Gasteiger partial charge in [-0.05, 0) is 30.3 Å². The van der Waals surface area contributed by atoms with E-state index >= 15 is 0 Å². The van der Waals surface area contributed by atoms with Gasteiger partial charge in [0.15, 0.2) is 0 Å². The van der Waals surface area contributed by atoms with Crippen molar-refractivity contribution in [2.24, 2.45) is 5.73 Å². The van der Waals surface area contributed by atoms with Crippen molar-refractivity contribution in [3.8, 4) is 0 Å². The number of amides is 1. The highest BCUT2D eigenvalue weighted by Gasteiger charge is 2.14. The fraction of sp³-hybridized carbons (Fsp3) is 0. The number of hydrogen-bond donors (Lipinski definition) is 2. The first-order valence-electron chi connectivity index (χ1n) is 6.03. The Bertz CT molecular complexity index is 846. The number of nitrogens with two attached hydrogens (primary N) is 1. The van der Waals surface area contributed by atoms with E-state index in [0.29, 0.717) is 10.3 Å². The Hall–Kier alpha value is -2.41. The zero-order chi connectivity index (χ0) is 15.0. The first-order chi connectivity index (χ1) is 10.1. The lowest BCUT2D eigenvalue weighted by Crippen LogP contribution is -2.15. The molecule has 0 aliphatic carbocycles. The molecule has 0 saturated heterocycles. The summed E-state index contributed by atoms with van der Waals surface area (Å²) in [5, 5.41) is 2.90. The third kappa shape index (κ3) is 2.47. The zero-order valence-corrected chi connectivity index (χ0v) is 12.3. The average Bonchev–Trinajstić information content (AvgIpc) is 2.90. The molecule has 0 unspecified atom stereocenters. The predicted molar refractivity (Wildman–Crippen MR) is 81.1 cm³/mol. The van der Waals surface area contributed by atoms with E-state index in [1.165, 1.54) is 12.4 Å². The van der Waals surface area contributed by atoms with Crippen LogP contribution in [0.1, 0.15) is 10.4 Å². The monoisotopic (exact) mass is 348 g/mol. The van der Waals surface area contributed by atoms with E-state index in [-0.39, 0.29) is 11.3 Å². The number of benzene rings is 1. The van der Waals surface area contributed by atoms with Crippen molar-refractivity contribution in [1.29, 1.82) is 0 Å². The summed E-state index contributed by atoms with van der Waals surface area (Å²) < 4.78 is 16.2. The Labute approximate surface area is 127 Å². The number of halogens is 2. The van der Waals surface area contributed by atoms with E-state index < -0.39 is 11.7 Å². The van der Waals surface area contributed by atoms with Crippen LogP contribution in [0.3, 0.4) is 0 Å². The van der Waals surface area contributed by atoms with Crippen LogP contribution in [0.5, 0.6) is 0 Å². The molecule has 0 radical (unpaired) electrons. The molecule has 0 saturated carbocycles. The van der Waals surface area contributed by atoms with Gasteiger partial charge in [-0.15, -0.1) is 0 Å². The Balaban J connectivity index is 2.16. The van der Waals surface area contributed by atoms with E-state index in [1.54, 1.807) is 34.9 Å². The lowest BCUT2D eigenvalue weighted by molar-refractivity contribution is 0.100. The second-order valence-corrected chi connectivity index (χ2v) is 5.31. The fourth-order valence-electron chi connectivity index (χ4n) is 2.04. The quantitative estimate of drug-likeness (QED) is 0.763. The minimum Gasteiger partial charge on any atom is -0.365 e. The van der Waals surface area contributed by atoms with Crippen LogP contribution in [0.15, 0.2) is 47.3 Å². The molecule has 106 valence electrons. The molecule has 0 fully saturated rings. The summed E-state index contributed by atoms with van der Waals surface area (Å²) in [5.41, 5.74) is 6.63. The number of fused-ring (bicyclic) bond motifs is 1. The van der Waals surface area contributed by atoms with Gasteiger partial charge in [0.25, 0.3) is 5.91 Å². The van der Waals surface area contributed by atoms with E-state index in [0.717, 1.165) is 5.52 Å². The van der Waals surface area contributed by atoms with Crippen molar-refractivity contribution in [2.75, 3.05) is 5.32 Å². The fourth-order valence-corrected chi connectivity index (χ4v) is 2.37. The summed E-state index contributed by atoms with van der Waals surface area (Å²) in [6.45, 7) is 0. The van der Waals surface area contributed by atoms with Crippen molar-refractivity contribution in [3.05, 3.63) is 58.7 Å². The lowest BCUT2D eigenvalue weighted by Gasteiger charge is -2.13. The molecule has 0 aliphatic rings. The van der Waals surface area contributed by atoms with Gasteiger partial charge in [0, 0.05) is 4.47 Å². The van der Waals surface area contributed by atoms with Crippen LogP contribution in [0.4, 0.5) is 15.9 Å². The van der Waals surface area contributed by atoms with Gasteiger partial charge in [0.05, 0.1) is 23.0 Å². The molecule has 0 aliphatic heterocycles. The Morgan fingerprint density at radius 2 is 2.14 bits per heavy atom. The molecule has 3 N–H and O–H groups in total. The number of carbonyl (C=O) groups excluding carboxylic acids is 1. The molecule has 2 aromatic heterocycles. The summed E-state index contributed by atoms with van der Waals surface area (Å²) in [7, 11) is 0. The van der Waals surface area contributed by atoms with Gasteiger partial charge < -0.3 is 11.1 Å². The van der Waals surface area contributed by atoms with E-state index in [1.807, 2.05) is 0 Å². The molecule has 5 nitrogen and oxygen atoms in total. The molecule has 0 bridgehead atoms. The SMILES string of the molecule is NC(=O)c1ccc2cncn2c1Nc1ccc(Br)cc1F. The number of anilines is 2. The van der Waals surface area contributed by atoms with Crippen LogP contribution in [0, 0.1) is 5.82 Å². The number of nitrogens with zero attached hydrogens (tertiary/aromatic N) is 2. The number of pyridine rings is 1. The minimum atomic E-state index is -0.606. The molecule has 3 rings (SSSR count). The highest BCUT2D eigenvalue weighted by molar-refractivity contribution is 9.10. The number of carbonyl (C=O) groups is 1. The molecular formula is C14H10BrFN4O. The molecule has 1 amide bonds. The number of imidazole rings is 1. The van der Waals surface area contributed by atoms with Crippen LogP contribution in [-0.2, 0) is 0 Å². The van der Waals surface area contributed by atoms with Crippen molar-refractivity contribution >= 4 is 38.9 Å². The highest BCUT2D eigenvalue weighted by atomic mass is 79.9. The third-order valence-electron chi connectivity index (χ3n) is 3.03.